The minimum atomic E-state index is 0.0232. The normalized spacial score (nSPS) is 11.2. The molecule has 0 radical (unpaired) electrons. The summed E-state index contributed by atoms with van der Waals surface area (Å²) in [5.41, 5.74) is 6.69. The second kappa shape index (κ2) is 9.84. The van der Waals surface area contributed by atoms with Gasteiger partial charge in [0.25, 0.3) is 0 Å². The summed E-state index contributed by atoms with van der Waals surface area (Å²) in [7, 11) is 4.08. The molecule has 34 heavy (non-hydrogen) atoms. The number of fused-ring (bicyclic) bond motifs is 1. The number of Topliss-reactive ketones (excluding diaryl/α,β-unsaturated/α-hetero) is 1. The van der Waals surface area contributed by atoms with E-state index in [1.165, 1.54) is 5.56 Å². The molecule has 1 aromatic heterocycles. The number of nitrogens with one attached hydrogen (secondary N) is 1. The Balaban J connectivity index is 1.83. The highest BCUT2D eigenvalue weighted by Gasteiger charge is 2.16. The Bertz CT molecular complexity index is 1340. The lowest BCUT2D eigenvalue weighted by Gasteiger charge is -2.16. The maximum atomic E-state index is 12.8. The first-order valence-electron chi connectivity index (χ1n) is 11.2. The number of pyridine rings is 1. The number of aromatic nitrogens is 1. The first kappa shape index (κ1) is 23.7. The number of aromatic hydroxyl groups is 1. The monoisotopic (exact) mass is 473 g/mol. The number of nitrogens with zero attached hydrogens (tertiary/aromatic N) is 2. The molecule has 2 N–H and O–H groups in total. The Morgan fingerprint density at radius 3 is 2.44 bits per heavy atom. The van der Waals surface area contributed by atoms with Crippen molar-refractivity contribution in [3.8, 4) is 16.9 Å². The van der Waals surface area contributed by atoms with Crippen LogP contribution < -0.4 is 5.32 Å². The maximum Gasteiger partial charge on any atom is 0.166 e. The fraction of sp³-hybridized carbons (Fsp3) is 0.214. The smallest absolute Gasteiger partial charge is 0.166 e. The predicted molar refractivity (Wildman–Crippen MR) is 140 cm³/mol. The third kappa shape index (κ3) is 4.91. The number of phenols is 1. The lowest BCUT2D eigenvalue weighted by atomic mass is 9.98. The van der Waals surface area contributed by atoms with E-state index in [1.807, 2.05) is 64.3 Å². The minimum absolute atomic E-state index is 0.0232. The van der Waals surface area contributed by atoms with Crippen LogP contribution in [0, 0.1) is 6.92 Å². The Kier molecular flexibility index (Phi) is 6.87. The van der Waals surface area contributed by atoms with Crippen molar-refractivity contribution in [1.29, 1.82) is 0 Å². The number of aryl methyl sites for hydroxylation is 1. The van der Waals surface area contributed by atoms with Crippen molar-refractivity contribution in [3.63, 3.8) is 0 Å². The first-order chi connectivity index (χ1) is 16.3. The van der Waals surface area contributed by atoms with Crippen LogP contribution in [0.15, 0.2) is 60.8 Å². The molecule has 0 saturated heterocycles. The predicted octanol–water partition coefficient (Wildman–Crippen LogP) is 6.97. The molecule has 0 spiro atoms. The van der Waals surface area contributed by atoms with E-state index in [0.717, 1.165) is 39.9 Å². The summed E-state index contributed by atoms with van der Waals surface area (Å²) < 4.78 is 0. The van der Waals surface area contributed by atoms with Crippen LogP contribution in [-0.2, 0) is 6.54 Å². The van der Waals surface area contributed by atoms with Gasteiger partial charge >= 0.3 is 0 Å². The van der Waals surface area contributed by atoms with Crippen LogP contribution in [-0.4, -0.2) is 34.9 Å². The topological polar surface area (TPSA) is 65.5 Å². The van der Waals surface area contributed by atoms with Crippen molar-refractivity contribution in [3.05, 3.63) is 82.5 Å². The molecule has 1 heterocycles. The molecule has 4 rings (SSSR count). The molecule has 0 amide bonds. The number of rotatable bonds is 7. The Hall–Kier alpha value is -3.41. The zero-order chi connectivity index (χ0) is 24.4. The molecule has 0 unspecified atom stereocenters. The fourth-order valence-corrected chi connectivity index (χ4v) is 4.28. The number of carbonyl (C=O) groups is 1. The van der Waals surface area contributed by atoms with Crippen molar-refractivity contribution < 1.29 is 9.90 Å². The van der Waals surface area contributed by atoms with E-state index in [0.29, 0.717) is 22.6 Å². The number of phenolic OH excluding ortho intramolecular Hbond substituents is 1. The van der Waals surface area contributed by atoms with Gasteiger partial charge in [0.15, 0.2) is 5.78 Å². The standard InChI is InChI=1S/C28H28ClN3O2/c1-5-26(33)23-15-30-25-11-8-19(20-12-17(2)28(34)24(29)14-20)13-22(25)27(23)31-21-9-6-18(7-10-21)16-32(3)4/h6-15,34H,5,16H2,1-4H3,(H,30,31). The van der Waals surface area contributed by atoms with Crippen molar-refractivity contribution >= 4 is 39.7 Å². The summed E-state index contributed by atoms with van der Waals surface area (Å²) in [6, 6.07) is 17.8. The molecule has 0 atom stereocenters. The van der Waals surface area contributed by atoms with Crippen LogP contribution in [0.3, 0.4) is 0 Å². The highest BCUT2D eigenvalue weighted by molar-refractivity contribution is 6.32. The highest BCUT2D eigenvalue weighted by Crippen LogP contribution is 2.36. The molecular formula is C28H28ClN3O2. The van der Waals surface area contributed by atoms with E-state index in [9.17, 15) is 9.90 Å². The summed E-state index contributed by atoms with van der Waals surface area (Å²) in [6.45, 7) is 4.53. The third-order valence-corrected chi connectivity index (χ3v) is 6.09. The molecule has 0 bridgehead atoms. The number of carbonyl (C=O) groups excluding carboxylic acids is 1. The van der Waals surface area contributed by atoms with Crippen LogP contribution in [0.1, 0.15) is 34.8 Å². The fourth-order valence-electron chi connectivity index (χ4n) is 4.01. The number of hydrogen-bond donors (Lipinski definition) is 2. The number of anilines is 2. The SMILES string of the molecule is CCC(=O)c1cnc2ccc(-c3cc(C)c(O)c(Cl)c3)cc2c1Nc1ccc(CN(C)C)cc1. The number of benzene rings is 3. The Morgan fingerprint density at radius 1 is 1.06 bits per heavy atom. The average Bonchev–Trinajstić information content (AvgIpc) is 2.82. The Labute approximate surface area is 205 Å². The molecule has 174 valence electrons. The van der Waals surface area contributed by atoms with E-state index in [-0.39, 0.29) is 11.5 Å². The van der Waals surface area contributed by atoms with Gasteiger partial charge in [-0.15, -0.1) is 0 Å². The van der Waals surface area contributed by atoms with E-state index in [1.54, 1.807) is 12.3 Å². The summed E-state index contributed by atoms with van der Waals surface area (Å²) in [5.74, 6) is 0.110. The van der Waals surface area contributed by atoms with Crippen LogP contribution >= 0.6 is 11.6 Å². The first-order valence-corrected chi connectivity index (χ1v) is 11.6. The molecule has 0 saturated carbocycles. The second-order valence-electron chi connectivity index (χ2n) is 8.74. The average molecular weight is 474 g/mol. The highest BCUT2D eigenvalue weighted by atomic mass is 35.5. The zero-order valence-corrected chi connectivity index (χ0v) is 20.6. The zero-order valence-electron chi connectivity index (χ0n) is 19.8. The van der Waals surface area contributed by atoms with E-state index < -0.39 is 0 Å². The molecule has 0 aliphatic carbocycles. The molecular weight excluding hydrogens is 446 g/mol. The molecule has 4 aromatic rings. The summed E-state index contributed by atoms with van der Waals surface area (Å²) >= 11 is 6.23. The maximum absolute atomic E-state index is 12.8. The second-order valence-corrected chi connectivity index (χ2v) is 9.15. The van der Waals surface area contributed by atoms with Gasteiger partial charge in [-0.2, -0.15) is 0 Å². The summed E-state index contributed by atoms with van der Waals surface area (Å²) in [5, 5.41) is 14.7. The van der Waals surface area contributed by atoms with Gasteiger partial charge in [-0.1, -0.05) is 36.7 Å². The number of halogens is 1. The van der Waals surface area contributed by atoms with E-state index in [4.69, 9.17) is 11.6 Å². The minimum Gasteiger partial charge on any atom is -0.506 e. The van der Waals surface area contributed by atoms with Crippen LogP contribution in [0.2, 0.25) is 5.02 Å². The largest absolute Gasteiger partial charge is 0.506 e. The van der Waals surface area contributed by atoms with Gasteiger partial charge in [0.05, 0.1) is 21.8 Å². The van der Waals surface area contributed by atoms with Gasteiger partial charge in [-0.25, -0.2) is 0 Å². The van der Waals surface area contributed by atoms with Crippen LogP contribution in [0.25, 0.3) is 22.0 Å². The van der Waals surface area contributed by atoms with Crippen LogP contribution in [0.5, 0.6) is 5.75 Å². The van der Waals surface area contributed by atoms with Gasteiger partial charge < -0.3 is 15.3 Å². The third-order valence-electron chi connectivity index (χ3n) is 5.80. The number of ketones is 1. The van der Waals surface area contributed by atoms with Gasteiger partial charge in [-0.3, -0.25) is 9.78 Å². The number of hydrogen-bond acceptors (Lipinski definition) is 5. The van der Waals surface area contributed by atoms with Gasteiger partial charge in [0.1, 0.15) is 5.75 Å². The van der Waals surface area contributed by atoms with Gasteiger partial charge in [0.2, 0.25) is 0 Å². The van der Waals surface area contributed by atoms with Gasteiger partial charge in [-0.05, 0) is 79.7 Å². The van der Waals surface area contributed by atoms with E-state index in [2.05, 4.69) is 27.3 Å². The lowest BCUT2D eigenvalue weighted by molar-refractivity contribution is 0.0989. The molecule has 5 nitrogen and oxygen atoms in total. The van der Waals surface area contributed by atoms with Crippen molar-refractivity contribution in [2.24, 2.45) is 0 Å². The molecule has 6 heteroatoms. The van der Waals surface area contributed by atoms with Crippen molar-refractivity contribution in [1.82, 2.24) is 9.88 Å². The molecule has 0 aliphatic heterocycles. The van der Waals surface area contributed by atoms with Gasteiger partial charge in [0, 0.05) is 30.2 Å². The van der Waals surface area contributed by atoms with Crippen molar-refractivity contribution in [2.45, 2.75) is 26.8 Å². The summed E-state index contributed by atoms with van der Waals surface area (Å²) in [6.07, 6.45) is 2.04. The molecule has 0 aliphatic rings. The molecule has 0 fully saturated rings. The summed E-state index contributed by atoms with van der Waals surface area (Å²) in [4.78, 5) is 19.5. The molecule has 3 aromatic carbocycles. The van der Waals surface area contributed by atoms with E-state index >= 15 is 0 Å². The van der Waals surface area contributed by atoms with Crippen molar-refractivity contribution in [2.75, 3.05) is 19.4 Å². The Morgan fingerprint density at radius 2 is 1.79 bits per heavy atom. The van der Waals surface area contributed by atoms with Crippen LogP contribution in [0.4, 0.5) is 11.4 Å². The quantitative estimate of drug-likeness (QED) is 0.284. The lowest BCUT2D eigenvalue weighted by Crippen LogP contribution is -2.10.